The summed E-state index contributed by atoms with van der Waals surface area (Å²) in [5.74, 6) is -0.662. The lowest BCUT2D eigenvalue weighted by atomic mass is 10.2. The maximum atomic E-state index is 12.6. The summed E-state index contributed by atoms with van der Waals surface area (Å²) < 4.78 is 5.54. The molecule has 0 radical (unpaired) electrons. The molecule has 1 saturated heterocycles. The van der Waals surface area contributed by atoms with Gasteiger partial charge in [-0.2, -0.15) is 0 Å². The summed E-state index contributed by atoms with van der Waals surface area (Å²) in [5, 5.41) is 5.56. The van der Waals surface area contributed by atoms with E-state index in [2.05, 4.69) is 10.6 Å². The van der Waals surface area contributed by atoms with Crippen LogP contribution in [0.15, 0.2) is 78.5 Å². The Morgan fingerprint density at radius 2 is 1.75 bits per heavy atom. The average molecular weight is 376 g/mol. The van der Waals surface area contributed by atoms with Crippen molar-refractivity contribution in [3.63, 3.8) is 0 Å². The number of carbonyl (C=O) groups excluding carboxylic acids is 2. The first-order chi connectivity index (χ1) is 13.7. The third kappa shape index (κ3) is 5.93. The van der Waals surface area contributed by atoms with Crippen LogP contribution in [0.1, 0.15) is 28.8 Å². The molecule has 1 aliphatic rings. The molecular weight excluding hydrogens is 352 g/mol. The van der Waals surface area contributed by atoms with Gasteiger partial charge in [0.05, 0.1) is 6.10 Å². The monoisotopic (exact) mass is 376 g/mol. The van der Waals surface area contributed by atoms with Crippen molar-refractivity contribution >= 4 is 17.9 Å². The predicted octanol–water partition coefficient (Wildman–Crippen LogP) is 3.31. The Hall–Kier alpha value is -3.18. The minimum atomic E-state index is -0.336. The highest BCUT2D eigenvalue weighted by atomic mass is 16.5. The van der Waals surface area contributed by atoms with Crippen molar-refractivity contribution in [3.05, 3.63) is 89.6 Å². The fourth-order valence-corrected chi connectivity index (χ4v) is 2.88. The van der Waals surface area contributed by atoms with Crippen LogP contribution < -0.4 is 10.6 Å². The highest BCUT2D eigenvalue weighted by Crippen LogP contribution is 2.11. The molecule has 144 valence electrons. The van der Waals surface area contributed by atoms with Crippen molar-refractivity contribution in [2.45, 2.75) is 18.9 Å². The number of hydrogen-bond donors (Lipinski definition) is 2. The van der Waals surface area contributed by atoms with Crippen molar-refractivity contribution in [1.29, 1.82) is 0 Å². The molecule has 0 aromatic heterocycles. The van der Waals surface area contributed by atoms with E-state index >= 15 is 0 Å². The van der Waals surface area contributed by atoms with Crippen LogP contribution >= 0.6 is 0 Å². The molecule has 0 spiro atoms. The fourth-order valence-electron chi connectivity index (χ4n) is 2.88. The Morgan fingerprint density at radius 1 is 1.04 bits per heavy atom. The average Bonchev–Trinajstić information content (AvgIpc) is 3.26. The highest BCUT2D eigenvalue weighted by molar-refractivity contribution is 6.03. The van der Waals surface area contributed by atoms with E-state index in [4.69, 9.17) is 4.74 Å². The van der Waals surface area contributed by atoms with Crippen molar-refractivity contribution in [2.75, 3.05) is 13.2 Å². The number of hydrogen-bond acceptors (Lipinski definition) is 3. The molecule has 1 fully saturated rings. The first-order valence-corrected chi connectivity index (χ1v) is 9.42. The zero-order chi connectivity index (χ0) is 19.6. The molecule has 0 saturated carbocycles. The standard InChI is InChI=1S/C23H24N2O3/c26-22(19-12-5-2-6-13-19)25-21(15-7-11-18-9-3-1-4-10-18)23(27)24-17-20-14-8-16-28-20/h1-7,9-13,15,20H,8,14,16-17H2,(H,24,27)(H,25,26)/b11-7+,21-15+. The SMILES string of the molecule is O=C(NCC1CCCO1)/C(=C\C=C\c1ccccc1)NC(=O)c1ccccc1. The lowest BCUT2D eigenvalue weighted by Gasteiger charge is -2.13. The van der Waals surface area contributed by atoms with E-state index in [-0.39, 0.29) is 23.6 Å². The molecule has 5 nitrogen and oxygen atoms in total. The number of rotatable bonds is 7. The number of nitrogens with one attached hydrogen (secondary N) is 2. The molecule has 1 aliphatic heterocycles. The van der Waals surface area contributed by atoms with Gasteiger partial charge in [-0.15, -0.1) is 0 Å². The van der Waals surface area contributed by atoms with Gasteiger partial charge in [0.2, 0.25) is 0 Å². The maximum absolute atomic E-state index is 12.6. The van der Waals surface area contributed by atoms with E-state index in [1.54, 1.807) is 36.4 Å². The molecule has 0 aliphatic carbocycles. The summed E-state index contributed by atoms with van der Waals surface area (Å²) in [6, 6.07) is 18.6. The Labute approximate surface area is 165 Å². The summed E-state index contributed by atoms with van der Waals surface area (Å²) >= 11 is 0. The quantitative estimate of drug-likeness (QED) is 0.575. The van der Waals surface area contributed by atoms with Crippen molar-refractivity contribution in [3.8, 4) is 0 Å². The number of ether oxygens (including phenoxy) is 1. The number of carbonyl (C=O) groups is 2. The number of allylic oxidation sites excluding steroid dienone is 2. The lowest BCUT2D eigenvalue weighted by molar-refractivity contribution is -0.118. The maximum Gasteiger partial charge on any atom is 0.267 e. The molecule has 2 N–H and O–H groups in total. The third-order valence-corrected chi connectivity index (χ3v) is 4.39. The molecule has 3 rings (SSSR count). The normalized spacial score (nSPS) is 16.9. The van der Waals surface area contributed by atoms with Crippen molar-refractivity contribution in [1.82, 2.24) is 10.6 Å². The van der Waals surface area contributed by atoms with Crippen LogP contribution in [0.25, 0.3) is 6.08 Å². The smallest absolute Gasteiger partial charge is 0.267 e. The van der Waals surface area contributed by atoms with Crippen LogP contribution in [0, 0.1) is 0 Å². The Balaban J connectivity index is 1.70. The first-order valence-electron chi connectivity index (χ1n) is 9.42. The van der Waals surface area contributed by atoms with Crippen molar-refractivity contribution in [2.24, 2.45) is 0 Å². The summed E-state index contributed by atoms with van der Waals surface area (Å²) in [4.78, 5) is 25.1. The molecule has 28 heavy (non-hydrogen) atoms. The molecule has 1 atom stereocenters. The predicted molar refractivity (Wildman–Crippen MR) is 109 cm³/mol. The minimum Gasteiger partial charge on any atom is -0.376 e. The summed E-state index contributed by atoms with van der Waals surface area (Å²) in [6.07, 6.45) is 7.22. The van der Waals surface area contributed by atoms with Crippen LogP contribution in [0.2, 0.25) is 0 Å². The van der Waals surface area contributed by atoms with Gasteiger partial charge in [0.1, 0.15) is 5.70 Å². The van der Waals surface area contributed by atoms with Gasteiger partial charge in [0, 0.05) is 18.7 Å². The summed E-state index contributed by atoms with van der Waals surface area (Å²) in [7, 11) is 0. The van der Waals surface area contributed by atoms with E-state index in [1.165, 1.54) is 0 Å². The van der Waals surface area contributed by atoms with E-state index in [0.29, 0.717) is 12.1 Å². The number of benzene rings is 2. The minimum absolute atomic E-state index is 0.0369. The van der Waals surface area contributed by atoms with Gasteiger partial charge in [-0.25, -0.2) is 0 Å². The van der Waals surface area contributed by atoms with Crippen LogP contribution in [0.5, 0.6) is 0 Å². The Kier molecular flexibility index (Phi) is 7.15. The summed E-state index contributed by atoms with van der Waals surface area (Å²) in [6.45, 7) is 1.16. The fraction of sp³-hybridized carbons (Fsp3) is 0.217. The largest absolute Gasteiger partial charge is 0.376 e. The second-order valence-electron chi connectivity index (χ2n) is 6.52. The second-order valence-corrected chi connectivity index (χ2v) is 6.52. The van der Waals surface area contributed by atoms with Gasteiger partial charge in [-0.1, -0.05) is 60.7 Å². The van der Waals surface area contributed by atoms with Crippen molar-refractivity contribution < 1.29 is 14.3 Å². The van der Waals surface area contributed by atoms with Gasteiger partial charge in [0.15, 0.2) is 0 Å². The number of amides is 2. The summed E-state index contributed by atoms with van der Waals surface area (Å²) in [5.41, 5.74) is 1.69. The first kappa shape index (κ1) is 19.6. The van der Waals surface area contributed by atoms with Gasteiger partial charge in [-0.3, -0.25) is 9.59 Å². The molecule has 5 heteroatoms. The van der Waals surface area contributed by atoms with Crippen LogP contribution in [-0.2, 0) is 9.53 Å². The van der Waals surface area contributed by atoms with Crippen LogP contribution in [0.4, 0.5) is 0 Å². The highest BCUT2D eigenvalue weighted by Gasteiger charge is 2.18. The van der Waals surface area contributed by atoms with E-state index in [9.17, 15) is 9.59 Å². The van der Waals surface area contributed by atoms with Crippen LogP contribution in [0.3, 0.4) is 0 Å². The Bertz CT molecular complexity index is 839. The molecule has 2 aromatic rings. The molecule has 2 aromatic carbocycles. The van der Waals surface area contributed by atoms with Gasteiger partial charge < -0.3 is 15.4 Å². The van der Waals surface area contributed by atoms with E-state index < -0.39 is 0 Å². The van der Waals surface area contributed by atoms with Crippen LogP contribution in [-0.4, -0.2) is 31.1 Å². The molecule has 1 unspecified atom stereocenters. The lowest BCUT2D eigenvalue weighted by Crippen LogP contribution is -2.38. The second kappa shape index (κ2) is 10.2. The molecule has 0 bridgehead atoms. The molecular formula is C23H24N2O3. The van der Waals surface area contributed by atoms with E-state index in [0.717, 1.165) is 25.0 Å². The van der Waals surface area contributed by atoms with Gasteiger partial charge in [0.25, 0.3) is 11.8 Å². The Morgan fingerprint density at radius 3 is 2.43 bits per heavy atom. The third-order valence-electron chi connectivity index (χ3n) is 4.39. The zero-order valence-electron chi connectivity index (χ0n) is 15.6. The molecule has 1 heterocycles. The van der Waals surface area contributed by atoms with Gasteiger partial charge in [-0.05, 0) is 36.6 Å². The topological polar surface area (TPSA) is 67.4 Å². The van der Waals surface area contributed by atoms with Gasteiger partial charge >= 0.3 is 0 Å². The zero-order valence-corrected chi connectivity index (χ0v) is 15.6. The molecule has 2 amide bonds. The van der Waals surface area contributed by atoms with E-state index in [1.807, 2.05) is 42.5 Å².